The smallest absolute Gasteiger partial charge is 0.184 e. The maximum atomic E-state index is 5.96. The van der Waals surface area contributed by atoms with Crippen LogP contribution >= 0.6 is 11.6 Å². The van der Waals surface area contributed by atoms with Gasteiger partial charge in [0.05, 0.1) is 26.4 Å². The number of likely N-dealkylation sites (N-methyl/N-ethyl adjacent to an activating group) is 1. The van der Waals surface area contributed by atoms with Crippen molar-refractivity contribution in [2.45, 2.75) is 18.6 Å². The van der Waals surface area contributed by atoms with E-state index in [4.69, 9.17) is 25.8 Å². The Morgan fingerprint density at radius 2 is 2.19 bits per heavy atom. The molecule has 0 amide bonds. The largest absolute Gasteiger partial charge is 0.494 e. The fraction of sp³-hybridized carbons (Fsp3) is 0.625. The molecule has 1 unspecified atom stereocenters. The van der Waals surface area contributed by atoms with E-state index in [1.54, 1.807) is 0 Å². The highest BCUT2D eigenvalue weighted by molar-refractivity contribution is 6.30. The Hall–Kier alpha value is -0.810. The van der Waals surface area contributed by atoms with Gasteiger partial charge < -0.3 is 19.1 Å². The van der Waals surface area contributed by atoms with Crippen molar-refractivity contribution in [2.75, 3.05) is 40.0 Å². The van der Waals surface area contributed by atoms with E-state index >= 15 is 0 Å². The second-order valence-corrected chi connectivity index (χ2v) is 6.26. The van der Waals surface area contributed by atoms with Crippen LogP contribution < -0.4 is 4.74 Å². The highest BCUT2D eigenvalue weighted by Crippen LogP contribution is 2.37. The number of halogens is 1. The molecule has 1 atom stereocenters. The average Bonchev–Trinajstić information content (AvgIpc) is 2.90. The summed E-state index contributed by atoms with van der Waals surface area (Å²) >= 11 is 5.96. The minimum Gasteiger partial charge on any atom is -0.494 e. The van der Waals surface area contributed by atoms with Gasteiger partial charge in [-0.25, -0.2) is 0 Å². The summed E-state index contributed by atoms with van der Waals surface area (Å²) in [6.07, 6.45) is 2.01. The number of piperidine rings is 1. The zero-order valence-electron chi connectivity index (χ0n) is 12.4. The predicted molar refractivity (Wildman–Crippen MR) is 81.8 cm³/mol. The van der Waals surface area contributed by atoms with E-state index in [1.807, 2.05) is 24.3 Å². The molecule has 2 aliphatic heterocycles. The van der Waals surface area contributed by atoms with Gasteiger partial charge in [0, 0.05) is 10.9 Å². The second kappa shape index (κ2) is 6.53. The highest BCUT2D eigenvalue weighted by atomic mass is 35.5. The van der Waals surface area contributed by atoms with Gasteiger partial charge >= 0.3 is 0 Å². The molecule has 1 aromatic carbocycles. The second-order valence-electron chi connectivity index (χ2n) is 5.83. The van der Waals surface area contributed by atoms with Crippen molar-refractivity contribution in [1.29, 1.82) is 0 Å². The lowest BCUT2D eigenvalue weighted by atomic mass is 9.88. The zero-order valence-corrected chi connectivity index (χ0v) is 13.1. The summed E-state index contributed by atoms with van der Waals surface area (Å²) in [5.41, 5.74) is 0. The van der Waals surface area contributed by atoms with Gasteiger partial charge in [-0.3, -0.25) is 0 Å². The minimum absolute atomic E-state index is 0.385. The Morgan fingerprint density at radius 3 is 2.95 bits per heavy atom. The molecule has 2 saturated heterocycles. The van der Waals surface area contributed by atoms with Gasteiger partial charge in [-0.05, 0) is 44.6 Å². The summed E-state index contributed by atoms with van der Waals surface area (Å²) in [5.74, 6) is 0.776. The molecule has 116 valence electrons. The van der Waals surface area contributed by atoms with Gasteiger partial charge in [0.25, 0.3) is 0 Å². The maximum absolute atomic E-state index is 5.96. The minimum atomic E-state index is -0.426. The van der Waals surface area contributed by atoms with Crippen molar-refractivity contribution in [3.8, 4) is 5.75 Å². The van der Waals surface area contributed by atoms with Crippen LogP contribution in [0.2, 0.25) is 5.02 Å². The third kappa shape index (κ3) is 3.51. The van der Waals surface area contributed by atoms with Crippen molar-refractivity contribution >= 4 is 11.6 Å². The van der Waals surface area contributed by atoms with E-state index in [0.29, 0.717) is 30.8 Å². The van der Waals surface area contributed by atoms with Gasteiger partial charge in [0.2, 0.25) is 0 Å². The van der Waals surface area contributed by atoms with Gasteiger partial charge in [-0.15, -0.1) is 0 Å². The van der Waals surface area contributed by atoms with E-state index in [2.05, 4.69) is 11.9 Å². The third-order valence-electron chi connectivity index (χ3n) is 4.28. The molecule has 0 aromatic heterocycles. The Kier molecular flexibility index (Phi) is 4.69. The van der Waals surface area contributed by atoms with Gasteiger partial charge in [-0.2, -0.15) is 0 Å². The predicted octanol–water partition coefficient (Wildman–Crippen LogP) is 2.80. The van der Waals surface area contributed by atoms with Crippen LogP contribution in [0.15, 0.2) is 24.3 Å². The molecular weight excluding hydrogens is 290 g/mol. The molecule has 0 N–H and O–H groups in total. The molecule has 5 heteroatoms. The molecule has 1 spiro atoms. The number of hydrogen-bond donors (Lipinski definition) is 0. The molecule has 0 bridgehead atoms. The topological polar surface area (TPSA) is 30.9 Å². The normalized spacial score (nSPS) is 25.3. The first-order valence-corrected chi connectivity index (χ1v) is 7.91. The van der Waals surface area contributed by atoms with E-state index < -0.39 is 5.79 Å². The van der Waals surface area contributed by atoms with Crippen LogP contribution in [0.1, 0.15) is 12.8 Å². The number of benzene rings is 1. The molecule has 4 nitrogen and oxygen atoms in total. The number of hydrogen-bond acceptors (Lipinski definition) is 4. The lowest BCUT2D eigenvalue weighted by molar-refractivity contribution is -0.223. The SMILES string of the molecule is CN1CCC(CCOc2cccc(Cl)c2)C2(C1)OCCO2. The van der Waals surface area contributed by atoms with Gasteiger partial charge in [0.15, 0.2) is 5.79 Å². The number of ether oxygens (including phenoxy) is 3. The lowest BCUT2D eigenvalue weighted by Crippen LogP contribution is -2.53. The van der Waals surface area contributed by atoms with Crippen LogP contribution in [0.5, 0.6) is 5.75 Å². The quantitative estimate of drug-likeness (QED) is 0.855. The van der Waals surface area contributed by atoms with E-state index in [1.165, 1.54) is 0 Å². The maximum Gasteiger partial charge on any atom is 0.184 e. The molecule has 0 aliphatic carbocycles. The standard InChI is InChI=1S/C16H22ClNO3/c1-18-7-5-13(16(12-18)20-9-10-21-16)6-8-19-15-4-2-3-14(17)11-15/h2-4,11,13H,5-10,12H2,1H3. The summed E-state index contributed by atoms with van der Waals surface area (Å²) in [7, 11) is 2.12. The molecule has 2 heterocycles. The molecule has 1 aromatic rings. The van der Waals surface area contributed by atoms with Gasteiger partial charge in [0.1, 0.15) is 5.75 Å². The molecular formula is C16H22ClNO3. The van der Waals surface area contributed by atoms with Crippen LogP contribution in [0.4, 0.5) is 0 Å². The Labute approximate surface area is 130 Å². The molecule has 2 fully saturated rings. The van der Waals surface area contributed by atoms with Crippen LogP contribution in [-0.2, 0) is 9.47 Å². The highest BCUT2D eigenvalue weighted by Gasteiger charge is 2.47. The number of nitrogens with zero attached hydrogens (tertiary/aromatic N) is 1. The van der Waals surface area contributed by atoms with Crippen molar-refractivity contribution in [3.05, 3.63) is 29.3 Å². The Bertz CT molecular complexity index is 476. The number of likely N-dealkylation sites (tertiary alicyclic amines) is 1. The van der Waals surface area contributed by atoms with Crippen molar-refractivity contribution in [2.24, 2.45) is 5.92 Å². The summed E-state index contributed by atoms with van der Waals surface area (Å²) in [5, 5.41) is 0.700. The summed E-state index contributed by atoms with van der Waals surface area (Å²) < 4.78 is 17.7. The summed E-state index contributed by atoms with van der Waals surface area (Å²) in [6, 6.07) is 7.52. The van der Waals surface area contributed by atoms with E-state index in [9.17, 15) is 0 Å². The Balaban J connectivity index is 1.56. The zero-order chi connectivity index (χ0) is 14.7. The van der Waals surface area contributed by atoms with Crippen LogP contribution in [0, 0.1) is 5.92 Å². The van der Waals surface area contributed by atoms with Gasteiger partial charge in [-0.1, -0.05) is 17.7 Å². The fourth-order valence-electron chi connectivity index (χ4n) is 3.22. The average molecular weight is 312 g/mol. The van der Waals surface area contributed by atoms with E-state index in [0.717, 1.165) is 31.7 Å². The first-order chi connectivity index (χ1) is 10.2. The Morgan fingerprint density at radius 1 is 1.38 bits per heavy atom. The molecule has 0 saturated carbocycles. The number of rotatable bonds is 4. The first-order valence-electron chi connectivity index (χ1n) is 7.53. The molecule has 3 rings (SSSR count). The van der Waals surface area contributed by atoms with E-state index in [-0.39, 0.29) is 0 Å². The summed E-state index contributed by atoms with van der Waals surface area (Å²) in [6.45, 7) is 3.97. The van der Waals surface area contributed by atoms with Crippen molar-refractivity contribution < 1.29 is 14.2 Å². The first kappa shape index (κ1) is 15.1. The molecule has 0 radical (unpaired) electrons. The monoisotopic (exact) mass is 311 g/mol. The van der Waals surface area contributed by atoms with Crippen LogP contribution in [-0.4, -0.2) is 50.6 Å². The fourth-order valence-corrected chi connectivity index (χ4v) is 3.40. The third-order valence-corrected chi connectivity index (χ3v) is 4.51. The van der Waals surface area contributed by atoms with Crippen LogP contribution in [0.3, 0.4) is 0 Å². The van der Waals surface area contributed by atoms with Crippen LogP contribution in [0.25, 0.3) is 0 Å². The van der Waals surface area contributed by atoms with Crippen molar-refractivity contribution in [3.63, 3.8) is 0 Å². The summed E-state index contributed by atoms with van der Waals surface area (Å²) in [4.78, 5) is 2.28. The molecule has 21 heavy (non-hydrogen) atoms. The molecule has 2 aliphatic rings. The lowest BCUT2D eigenvalue weighted by Gasteiger charge is -2.43. The van der Waals surface area contributed by atoms with Crippen molar-refractivity contribution in [1.82, 2.24) is 4.90 Å².